The van der Waals surface area contributed by atoms with Gasteiger partial charge in [0.1, 0.15) is 18.9 Å². The van der Waals surface area contributed by atoms with Gasteiger partial charge in [-0.2, -0.15) is 0 Å². The highest BCUT2D eigenvalue weighted by Gasteiger charge is 2.46. The van der Waals surface area contributed by atoms with Crippen molar-refractivity contribution in [3.8, 4) is 0 Å². The predicted molar refractivity (Wildman–Crippen MR) is 82.1 cm³/mol. The summed E-state index contributed by atoms with van der Waals surface area (Å²) in [6.07, 6.45) is -1.40. The number of amides is 1. The second-order valence-corrected chi connectivity index (χ2v) is 6.44. The van der Waals surface area contributed by atoms with Gasteiger partial charge < -0.3 is 9.47 Å². The monoisotopic (exact) mass is 306 g/mol. The second-order valence-electron chi connectivity index (χ2n) is 6.44. The van der Waals surface area contributed by atoms with Gasteiger partial charge in [0.25, 0.3) is 0 Å². The Morgan fingerprint density at radius 2 is 2.00 bits per heavy atom. The molecule has 1 aromatic carbocycles. The zero-order chi connectivity index (χ0) is 17.3. The number of hydrogen-bond acceptors (Lipinski definition) is 4. The van der Waals surface area contributed by atoms with Crippen LogP contribution in [0.1, 0.15) is 34.6 Å². The first-order valence-corrected chi connectivity index (χ1v) is 7.29. The molecular formula is C17H23NO4. The minimum Gasteiger partial charge on any atom is -0.444 e. The fourth-order valence-electron chi connectivity index (χ4n) is 2.35. The van der Waals surface area contributed by atoms with Gasteiger partial charge in [-0.1, -0.05) is 51.1 Å². The third kappa shape index (κ3) is 3.65. The summed E-state index contributed by atoms with van der Waals surface area (Å²) in [6.45, 7) is 6.90. The molecule has 1 saturated heterocycles. The van der Waals surface area contributed by atoms with Crippen molar-refractivity contribution in [3.63, 3.8) is 0 Å². The lowest BCUT2D eigenvalue weighted by atomic mass is 9.93. The first kappa shape index (κ1) is 15.0. The summed E-state index contributed by atoms with van der Waals surface area (Å²) in [5, 5.41) is 0. The van der Waals surface area contributed by atoms with Crippen LogP contribution >= 0.6 is 0 Å². The number of rotatable bonds is 3. The summed E-state index contributed by atoms with van der Waals surface area (Å²) >= 11 is 0. The fraction of sp³-hybridized carbons (Fsp3) is 0.529. The lowest BCUT2D eigenvalue weighted by Gasteiger charge is -2.34. The molecule has 1 fully saturated rings. The highest BCUT2D eigenvalue weighted by molar-refractivity contribution is 5.86. The molecule has 2 rings (SSSR count). The number of carbonyl (C=O) groups is 2. The fourth-order valence-corrected chi connectivity index (χ4v) is 2.35. The molecule has 120 valence electrons. The maximum atomic E-state index is 12.5. The molecule has 1 amide bonds. The van der Waals surface area contributed by atoms with Gasteiger partial charge in [0.05, 0.1) is 7.98 Å². The number of carbonyl (C=O) groups excluding carboxylic acids is 2. The molecule has 1 heterocycles. The SMILES string of the molecule is [2H][C@]1(C(C)=O)CO[C@@H](C(C)(C)C)N1C(=O)OCc1ccccc1. The maximum absolute atomic E-state index is 12.5. The van der Waals surface area contributed by atoms with E-state index in [9.17, 15) is 9.59 Å². The van der Waals surface area contributed by atoms with Crippen LogP contribution in [0.2, 0.25) is 0 Å². The van der Waals surface area contributed by atoms with Crippen LogP contribution in [0.4, 0.5) is 4.79 Å². The lowest BCUT2D eigenvalue weighted by Crippen LogP contribution is -2.49. The average Bonchev–Trinajstić information content (AvgIpc) is 2.85. The molecule has 0 N–H and O–H groups in total. The van der Waals surface area contributed by atoms with Gasteiger partial charge in [0, 0.05) is 5.41 Å². The van der Waals surface area contributed by atoms with Gasteiger partial charge in [-0.05, 0) is 12.5 Å². The largest absolute Gasteiger partial charge is 0.444 e. The van der Waals surface area contributed by atoms with E-state index in [2.05, 4.69) is 0 Å². The topological polar surface area (TPSA) is 55.8 Å². The van der Waals surface area contributed by atoms with Crippen LogP contribution < -0.4 is 0 Å². The maximum Gasteiger partial charge on any atom is 0.412 e. The van der Waals surface area contributed by atoms with Crippen molar-refractivity contribution in [2.24, 2.45) is 5.41 Å². The number of ketones is 1. The molecule has 0 saturated carbocycles. The summed E-state index contributed by atoms with van der Waals surface area (Å²) in [5.74, 6) is -0.444. The quantitative estimate of drug-likeness (QED) is 0.861. The van der Waals surface area contributed by atoms with Crippen molar-refractivity contribution in [2.75, 3.05) is 6.61 Å². The minimum absolute atomic E-state index is 0.0843. The Kier molecular flexibility index (Phi) is 4.43. The molecule has 2 atom stereocenters. The number of Topliss-reactive ketones (excluding diaryl/α,β-unsaturated/α-hetero) is 1. The molecule has 0 unspecified atom stereocenters. The molecule has 1 aliphatic heterocycles. The first-order valence-electron chi connectivity index (χ1n) is 7.79. The van der Waals surface area contributed by atoms with Crippen LogP contribution in [0, 0.1) is 5.41 Å². The normalized spacial score (nSPS) is 25.7. The second kappa shape index (κ2) is 6.48. The van der Waals surface area contributed by atoms with Crippen molar-refractivity contribution in [2.45, 2.75) is 46.5 Å². The third-order valence-electron chi connectivity index (χ3n) is 3.45. The first-order chi connectivity index (χ1) is 10.7. The van der Waals surface area contributed by atoms with Crippen molar-refractivity contribution < 1.29 is 20.4 Å². The standard InChI is InChI=1S/C17H23NO4/c1-12(19)14-11-21-15(17(2,3)4)18(14)16(20)22-10-13-8-6-5-7-9-13/h5-9,14-15H,10-11H2,1-4H3/t14-,15+/m1/s1/i14D. The summed E-state index contributed by atoms with van der Waals surface area (Å²) in [4.78, 5) is 25.6. The summed E-state index contributed by atoms with van der Waals surface area (Å²) in [7, 11) is 0. The summed E-state index contributed by atoms with van der Waals surface area (Å²) < 4.78 is 19.3. The highest BCUT2D eigenvalue weighted by Crippen LogP contribution is 2.32. The molecule has 1 aliphatic rings. The molecule has 22 heavy (non-hydrogen) atoms. The predicted octanol–water partition coefficient (Wildman–Crippen LogP) is 2.99. The molecule has 5 heteroatoms. The number of benzene rings is 1. The number of hydrogen-bond donors (Lipinski definition) is 0. The molecule has 1 aromatic rings. The molecule has 0 aromatic heterocycles. The van der Waals surface area contributed by atoms with E-state index in [-0.39, 0.29) is 13.2 Å². The van der Waals surface area contributed by atoms with E-state index in [1.165, 1.54) is 6.92 Å². The lowest BCUT2D eigenvalue weighted by molar-refractivity contribution is -0.121. The number of ether oxygens (including phenoxy) is 2. The van der Waals surface area contributed by atoms with E-state index < -0.39 is 29.5 Å². The van der Waals surface area contributed by atoms with Gasteiger partial charge in [-0.3, -0.25) is 9.69 Å². The molecule has 0 spiro atoms. The average molecular weight is 306 g/mol. The van der Waals surface area contributed by atoms with Crippen LogP contribution in [0.5, 0.6) is 0 Å². The van der Waals surface area contributed by atoms with E-state index in [4.69, 9.17) is 10.8 Å². The molecule has 5 nitrogen and oxygen atoms in total. The van der Waals surface area contributed by atoms with Gasteiger partial charge in [-0.15, -0.1) is 0 Å². The van der Waals surface area contributed by atoms with Crippen LogP contribution in [0.25, 0.3) is 0 Å². The zero-order valence-electron chi connectivity index (χ0n) is 14.5. The van der Waals surface area contributed by atoms with Crippen molar-refractivity contribution in [3.05, 3.63) is 35.9 Å². The molecule has 0 aliphatic carbocycles. The summed E-state index contributed by atoms with van der Waals surface area (Å²) in [6, 6.07) is 7.52. The van der Waals surface area contributed by atoms with Crippen molar-refractivity contribution in [1.82, 2.24) is 4.90 Å². The Morgan fingerprint density at radius 1 is 1.36 bits per heavy atom. The van der Waals surface area contributed by atoms with Gasteiger partial charge in [-0.25, -0.2) is 4.79 Å². The Morgan fingerprint density at radius 3 is 2.55 bits per heavy atom. The Hall–Kier alpha value is -1.88. The molecular weight excluding hydrogens is 282 g/mol. The van der Waals surface area contributed by atoms with E-state index >= 15 is 0 Å². The number of nitrogens with zero attached hydrogens (tertiary/aromatic N) is 1. The molecule has 0 bridgehead atoms. The minimum atomic E-state index is -1.74. The Bertz CT molecular complexity index is 584. The van der Waals surface area contributed by atoms with Gasteiger partial charge in [0.15, 0.2) is 5.78 Å². The zero-order valence-corrected chi connectivity index (χ0v) is 13.5. The van der Waals surface area contributed by atoms with Gasteiger partial charge in [0.2, 0.25) is 0 Å². The van der Waals surface area contributed by atoms with E-state index in [1.807, 2.05) is 51.1 Å². The third-order valence-corrected chi connectivity index (χ3v) is 3.45. The Balaban J connectivity index is 2.19. The van der Waals surface area contributed by atoms with Crippen molar-refractivity contribution >= 4 is 11.9 Å². The van der Waals surface area contributed by atoms with Gasteiger partial charge >= 0.3 is 6.09 Å². The van der Waals surface area contributed by atoms with E-state index in [1.54, 1.807) is 0 Å². The van der Waals surface area contributed by atoms with Crippen LogP contribution in [-0.2, 0) is 20.9 Å². The molecule has 0 radical (unpaired) electrons. The van der Waals surface area contributed by atoms with E-state index in [0.29, 0.717) is 0 Å². The van der Waals surface area contributed by atoms with Crippen LogP contribution in [0.15, 0.2) is 30.3 Å². The summed E-state index contributed by atoms with van der Waals surface area (Å²) in [5.41, 5.74) is 0.399. The van der Waals surface area contributed by atoms with Crippen LogP contribution in [-0.4, -0.2) is 35.6 Å². The van der Waals surface area contributed by atoms with Crippen LogP contribution in [0.3, 0.4) is 0 Å². The smallest absolute Gasteiger partial charge is 0.412 e. The van der Waals surface area contributed by atoms with Crippen molar-refractivity contribution in [1.29, 1.82) is 0 Å². The highest BCUT2D eigenvalue weighted by atomic mass is 16.6. The van der Waals surface area contributed by atoms with E-state index in [0.717, 1.165) is 10.5 Å². The Labute approximate surface area is 132 Å².